The summed E-state index contributed by atoms with van der Waals surface area (Å²) in [6.07, 6.45) is 19.4. The number of esters is 2. The van der Waals surface area contributed by atoms with E-state index in [9.17, 15) is 9.59 Å². The summed E-state index contributed by atoms with van der Waals surface area (Å²) in [6.45, 7) is 26.9. The number of methoxy groups -OCH3 is 1. The van der Waals surface area contributed by atoms with Crippen LogP contribution in [-0.2, 0) is 27.9 Å². The van der Waals surface area contributed by atoms with Crippen LogP contribution in [-0.4, -0.2) is 47.9 Å². The normalized spacial score (nSPS) is 21.6. The summed E-state index contributed by atoms with van der Waals surface area (Å²) in [5.74, 6) is 0.290. The summed E-state index contributed by atoms with van der Waals surface area (Å²) in [6, 6.07) is 0. The van der Waals surface area contributed by atoms with E-state index in [1.165, 1.54) is 46.1 Å². The Morgan fingerprint density at radius 3 is 2.11 bits per heavy atom. The highest BCUT2D eigenvalue weighted by atomic mass is 28.4. The van der Waals surface area contributed by atoms with Gasteiger partial charge in [-0.15, -0.1) is 0 Å². The van der Waals surface area contributed by atoms with Crippen molar-refractivity contribution in [2.75, 3.05) is 7.11 Å². The van der Waals surface area contributed by atoms with E-state index in [-0.39, 0.29) is 45.6 Å². The molecule has 46 heavy (non-hydrogen) atoms. The molecule has 1 fully saturated rings. The predicted molar refractivity (Wildman–Crippen MR) is 196 cm³/mol. The summed E-state index contributed by atoms with van der Waals surface area (Å²) >= 11 is 0. The fourth-order valence-corrected chi connectivity index (χ4v) is 9.00. The minimum atomic E-state index is -2.11. The van der Waals surface area contributed by atoms with Crippen LogP contribution in [0.3, 0.4) is 0 Å². The smallest absolute Gasteiger partial charge is 0.307 e. The van der Waals surface area contributed by atoms with Crippen molar-refractivity contribution in [2.24, 2.45) is 11.3 Å². The molecule has 3 atom stereocenters. The lowest BCUT2D eigenvalue weighted by Gasteiger charge is -2.51. The number of allylic oxidation sites excluding steroid dienone is 2. The first-order valence-electron chi connectivity index (χ1n) is 17.8. The third-order valence-corrected chi connectivity index (χ3v) is 20.3. The second-order valence-corrected chi connectivity index (χ2v) is 26.3. The molecule has 0 aromatic rings. The summed E-state index contributed by atoms with van der Waals surface area (Å²) < 4.78 is 25.0. The number of rotatable bonds is 17. The summed E-state index contributed by atoms with van der Waals surface area (Å²) in [7, 11) is -2.66. The average Bonchev–Trinajstić information content (AvgIpc) is 3.20. The van der Waals surface area contributed by atoms with Crippen LogP contribution in [0.2, 0.25) is 36.3 Å². The first-order valence-corrected chi connectivity index (χ1v) is 23.7. The van der Waals surface area contributed by atoms with Crippen molar-refractivity contribution in [3.8, 4) is 0 Å². The Kier molecular flexibility index (Phi) is 14.8. The molecule has 8 heteroatoms. The molecule has 0 heterocycles. The maximum atomic E-state index is 12.3. The maximum absolute atomic E-state index is 12.3. The van der Waals surface area contributed by atoms with Crippen LogP contribution in [0.1, 0.15) is 126 Å². The van der Waals surface area contributed by atoms with E-state index >= 15 is 0 Å². The molecule has 0 bridgehead atoms. The molecule has 1 unspecified atom stereocenters. The van der Waals surface area contributed by atoms with Gasteiger partial charge in [-0.3, -0.25) is 9.59 Å². The molecule has 0 amide bonds. The van der Waals surface area contributed by atoms with Gasteiger partial charge in [-0.1, -0.05) is 85.6 Å². The quantitative estimate of drug-likeness (QED) is 0.0661. The van der Waals surface area contributed by atoms with Crippen molar-refractivity contribution in [1.82, 2.24) is 0 Å². The first-order chi connectivity index (χ1) is 21.2. The van der Waals surface area contributed by atoms with Gasteiger partial charge in [0.15, 0.2) is 16.6 Å². The standard InChI is InChI=1S/C38H68O6Si2/c1-14-25-38(26-20-27-38)34(44-46(12,13)37(6,7)8)23-19-22-31-30(21-17-15-16-18-24-35(40)41-9)32(42-29(2)39)28-33(31)43-45(10,11)36(3,4)5/h15,17,19,22,31,33-34H,14,16,18,20-21,23-28H2,1-13H3/t31-,33-,34?/m1/s1. The SMILES string of the molecule is CCCC1(C(CC=C[C@@H]2C(CC=CCCCC(=O)OC)=C(OC(C)=O)C[C@H]2O[Si](C)(C)C(C)(C)C)O[Si](C)(C)C(C)(C)C)CCC1. The minimum Gasteiger partial charge on any atom is -0.469 e. The van der Waals surface area contributed by atoms with Crippen molar-refractivity contribution in [3.05, 3.63) is 35.6 Å². The molecule has 0 radical (unpaired) electrons. The monoisotopic (exact) mass is 676 g/mol. The molecule has 6 nitrogen and oxygen atoms in total. The zero-order valence-electron chi connectivity index (χ0n) is 31.8. The Balaban J connectivity index is 2.44. The van der Waals surface area contributed by atoms with Crippen molar-refractivity contribution in [2.45, 2.75) is 174 Å². The highest BCUT2D eigenvalue weighted by molar-refractivity contribution is 6.74. The Hall–Kier alpha value is -1.49. The zero-order chi connectivity index (χ0) is 35.0. The molecule has 0 spiro atoms. The van der Waals surface area contributed by atoms with Gasteiger partial charge in [0.1, 0.15) is 5.76 Å². The van der Waals surface area contributed by atoms with Crippen molar-refractivity contribution >= 4 is 28.6 Å². The van der Waals surface area contributed by atoms with Crippen LogP contribution in [0.15, 0.2) is 35.6 Å². The van der Waals surface area contributed by atoms with Gasteiger partial charge in [-0.05, 0) is 92.2 Å². The Morgan fingerprint density at radius 1 is 0.978 bits per heavy atom. The van der Waals surface area contributed by atoms with E-state index in [4.69, 9.17) is 18.3 Å². The Morgan fingerprint density at radius 2 is 1.61 bits per heavy atom. The second-order valence-electron chi connectivity index (χ2n) is 16.8. The van der Waals surface area contributed by atoms with Crippen LogP contribution in [0.4, 0.5) is 0 Å². The number of unbranched alkanes of at least 4 members (excludes halogenated alkanes) is 1. The summed E-state index contributed by atoms with van der Waals surface area (Å²) in [5.41, 5.74) is 1.38. The van der Waals surface area contributed by atoms with E-state index in [0.717, 1.165) is 30.6 Å². The van der Waals surface area contributed by atoms with Crippen LogP contribution >= 0.6 is 0 Å². The lowest BCUT2D eigenvalue weighted by Crippen LogP contribution is -2.51. The van der Waals surface area contributed by atoms with Crippen LogP contribution in [0.5, 0.6) is 0 Å². The second kappa shape index (κ2) is 16.8. The molecular weight excluding hydrogens is 609 g/mol. The maximum Gasteiger partial charge on any atom is 0.307 e. The van der Waals surface area contributed by atoms with Gasteiger partial charge in [0.05, 0.1) is 19.3 Å². The highest BCUT2D eigenvalue weighted by Crippen LogP contribution is 2.52. The topological polar surface area (TPSA) is 71.1 Å². The minimum absolute atomic E-state index is 0.0141. The van der Waals surface area contributed by atoms with Gasteiger partial charge < -0.3 is 18.3 Å². The number of carbonyl (C=O) groups is 2. The van der Waals surface area contributed by atoms with E-state index < -0.39 is 16.6 Å². The molecule has 0 aromatic heterocycles. The Bertz CT molecular complexity index is 1100. The van der Waals surface area contributed by atoms with Crippen molar-refractivity contribution in [3.63, 3.8) is 0 Å². The van der Waals surface area contributed by atoms with Crippen LogP contribution in [0, 0.1) is 11.3 Å². The van der Waals surface area contributed by atoms with Gasteiger partial charge in [0.2, 0.25) is 0 Å². The number of carbonyl (C=O) groups excluding carboxylic acids is 2. The van der Waals surface area contributed by atoms with E-state index in [1.807, 2.05) is 0 Å². The molecule has 0 aromatic carbocycles. The lowest BCUT2D eigenvalue weighted by atomic mass is 9.62. The average molecular weight is 677 g/mol. The fourth-order valence-electron chi connectivity index (χ4n) is 6.25. The van der Waals surface area contributed by atoms with E-state index in [1.54, 1.807) is 0 Å². The van der Waals surface area contributed by atoms with Crippen LogP contribution in [0.25, 0.3) is 0 Å². The molecular formula is C38H68O6Si2. The molecule has 0 saturated heterocycles. The van der Waals surface area contributed by atoms with Gasteiger partial charge in [-0.25, -0.2) is 0 Å². The molecule has 1 saturated carbocycles. The zero-order valence-corrected chi connectivity index (χ0v) is 33.8. The van der Waals surface area contributed by atoms with Gasteiger partial charge in [0, 0.05) is 25.7 Å². The van der Waals surface area contributed by atoms with Crippen LogP contribution < -0.4 is 0 Å². The Labute approximate surface area is 284 Å². The van der Waals surface area contributed by atoms with Crippen molar-refractivity contribution in [1.29, 1.82) is 0 Å². The summed E-state index contributed by atoms with van der Waals surface area (Å²) in [4.78, 5) is 23.8. The lowest BCUT2D eigenvalue weighted by molar-refractivity contribution is -0.140. The van der Waals surface area contributed by atoms with E-state index in [2.05, 4.69) is 99.0 Å². The molecule has 264 valence electrons. The first kappa shape index (κ1) is 40.7. The predicted octanol–water partition coefficient (Wildman–Crippen LogP) is 10.8. The molecule has 2 rings (SSSR count). The fraction of sp³-hybridized carbons (Fsp3) is 0.789. The number of hydrogen-bond acceptors (Lipinski definition) is 6. The highest BCUT2D eigenvalue weighted by Gasteiger charge is 2.48. The third kappa shape index (κ3) is 11.0. The van der Waals surface area contributed by atoms with Gasteiger partial charge in [-0.2, -0.15) is 0 Å². The molecule has 2 aliphatic rings. The van der Waals surface area contributed by atoms with Gasteiger partial charge >= 0.3 is 11.9 Å². The third-order valence-electron chi connectivity index (χ3n) is 11.3. The molecule has 0 aliphatic heterocycles. The molecule has 2 aliphatic carbocycles. The largest absolute Gasteiger partial charge is 0.469 e. The van der Waals surface area contributed by atoms with Crippen molar-refractivity contribution < 1.29 is 27.9 Å². The summed E-state index contributed by atoms with van der Waals surface area (Å²) in [5, 5.41) is 0.210. The number of hydrogen-bond donors (Lipinski definition) is 0. The van der Waals surface area contributed by atoms with Gasteiger partial charge in [0.25, 0.3) is 0 Å². The number of ether oxygens (including phenoxy) is 2. The molecule has 0 N–H and O–H groups in total. The van der Waals surface area contributed by atoms with E-state index in [0.29, 0.717) is 19.3 Å².